The molecule has 2 rings (SSSR count). The summed E-state index contributed by atoms with van der Waals surface area (Å²) in [7, 11) is 4.19. The molecule has 0 heterocycles. The van der Waals surface area contributed by atoms with Crippen molar-refractivity contribution in [1.82, 2.24) is 0 Å². The van der Waals surface area contributed by atoms with E-state index in [0.29, 0.717) is 6.04 Å². The predicted molar refractivity (Wildman–Crippen MR) is 89.8 cm³/mol. The number of aryl methyl sites for hydroxylation is 1. The van der Waals surface area contributed by atoms with E-state index in [1.54, 1.807) is 0 Å². The van der Waals surface area contributed by atoms with Crippen LogP contribution in [0.4, 0.5) is 11.4 Å². The molecular weight excluding hydrogens is 244 g/mol. The van der Waals surface area contributed by atoms with Gasteiger partial charge in [-0.2, -0.15) is 0 Å². The number of rotatable bonds is 4. The molecule has 0 aromatic heterocycles. The molecule has 1 aromatic carbocycles. The van der Waals surface area contributed by atoms with Crippen molar-refractivity contribution < 1.29 is 0 Å². The van der Waals surface area contributed by atoms with Crippen molar-refractivity contribution in [3.63, 3.8) is 0 Å². The van der Waals surface area contributed by atoms with Crippen molar-refractivity contribution in [2.45, 2.75) is 58.4 Å². The minimum atomic E-state index is 0.662. The van der Waals surface area contributed by atoms with Crippen LogP contribution in [0.25, 0.3) is 0 Å². The Hall–Kier alpha value is -1.18. The first kappa shape index (κ1) is 15.2. The first-order valence-corrected chi connectivity index (χ1v) is 8.14. The van der Waals surface area contributed by atoms with Crippen LogP contribution in [0.15, 0.2) is 18.2 Å². The molecule has 1 fully saturated rings. The van der Waals surface area contributed by atoms with Crippen molar-refractivity contribution in [2.75, 3.05) is 24.3 Å². The highest BCUT2D eigenvalue weighted by Crippen LogP contribution is 2.29. The van der Waals surface area contributed by atoms with Crippen LogP contribution in [-0.4, -0.2) is 20.1 Å². The highest BCUT2D eigenvalue weighted by atomic mass is 15.1. The molecule has 0 amide bonds. The van der Waals surface area contributed by atoms with Gasteiger partial charge in [0.2, 0.25) is 0 Å². The number of anilines is 2. The Morgan fingerprint density at radius 3 is 2.60 bits per heavy atom. The Morgan fingerprint density at radius 2 is 1.95 bits per heavy atom. The minimum absolute atomic E-state index is 0.662. The summed E-state index contributed by atoms with van der Waals surface area (Å²) in [5, 5.41) is 3.78. The molecule has 1 aliphatic rings. The third-order valence-electron chi connectivity index (χ3n) is 4.75. The Bertz CT molecular complexity index is 425. The molecule has 0 saturated heterocycles. The highest BCUT2D eigenvalue weighted by molar-refractivity contribution is 5.60. The summed E-state index contributed by atoms with van der Waals surface area (Å²) in [6, 6.07) is 7.39. The molecule has 0 bridgehead atoms. The second-order valence-corrected chi connectivity index (χ2v) is 6.52. The van der Waals surface area contributed by atoms with Gasteiger partial charge in [-0.05, 0) is 55.9 Å². The van der Waals surface area contributed by atoms with Gasteiger partial charge < -0.3 is 10.2 Å². The third kappa shape index (κ3) is 3.91. The standard InChI is InChI=1S/C18H30N2/c1-5-15-7-6-8-16(10-9-15)19-18-12-11-17(20(3)4)13-14(18)2/h11-13,15-16,19H,5-10H2,1-4H3. The van der Waals surface area contributed by atoms with Gasteiger partial charge in [-0.15, -0.1) is 0 Å². The first-order valence-electron chi connectivity index (χ1n) is 8.14. The van der Waals surface area contributed by atoms with Crippen LogP contribution in [0.3, 0.4) is 0 Å². The monoisotopic (exact) mass is 274 g/mol. The van der Waals surface area contributed by atoms with E-state index in [2.05, 4.69) is 56.4 Å². The number of hydrogen-bond donors (Lipinski definition) is 1. The van der Waals surface area contributed by atoms with Gasteiger partial charge in [0.1, 0.15) is 0 Å². The molecule has 0 radical (unpaired) electrons. The van der Waals surface area contributed by atoms with E-state index in [9.17, 15) is 0 Å². The molecule has 2 unspecified atom stereocenters. The third-order valence-corrected chi connectivity index (χ3v) is 4.75. The van der Waals surface area contributed by atoms with Gasteiger partial charge in [-0.1, -0.05) is 26.2 Å². The van der Waals surface area contributed by atoms with Gasteiger partial charge in [0.25, 0.3) is 0 Å². The van der Waals surface area contributed by atoms with E-state index in [1.807, 2.05) is 0 Å². The Balaban J connectivity index is 1.99. The lowest BCUT2D eigenvalue weighted by molar-refractivity contribution is 0.444. The van der Waals surface area contributed by atoms with Gasteiger partial charge in [0.05, 0.1) is 0 Å². The zero-order valence-electron chi connectivity index (χ0n) is 13.6. The van der Waals surface area contributed by atoms with E-state index in [-0.39, 0.29) is 0 Å². The predicted octanol–water partition coefficient (Wildman–Crippen LogP) is 4.83. The maximum Gasteiger partial charge on any atom is 0.0373 e. The van der Waals surface area contributed by atoms with Gasteiger partial charge in [0.15, 0.2) is 0 Å². The summed E-state index contributed by atoms with van der Waals surface area (Å²) in [6.07, 6.45) is 8.20. The second kappa shape index (κ2) is 7.01. The molecule has 0 spiro atoms. The number of benzene rings is 1. The maximum absolute atomic E-state index is 3.78. The Labute approximate surface area is 124 Å². The zero-order valence-corrected chi connectivity index (χ0v) is 13.6. The van der Waals surface area contributed by atoms with Crippen LogP contribution in [0.1, 0.15) is 51.0 Å². The van der Waals surface area contributed by atoms with Crippen LogP contribution in [0.5, 0.6) is 0 Å². The molecule has 1 aromatic rings. The fraction of sp³-hybridized carbons (Fsp3) is 0.667. The average molecular weight is 274 g/mol. The van der Waals surface area contributed by atoms with Gasteiger partial charge >= 0.3 is 0 Å². The smallest absolute Gasteiger partial charge is 0.0373 e. The van der Waals surface area contributed by atoms with E-state index in [0.717, 1.165) is 5.92 Å². The molecule has 1 N–H and O–H groups in total. The minimum Gasteiger partial charge on any atom is -0.382 e. The van der Waals surface area contributed by atoms with Crippen LogP contribution in [0, 0.1) is 12.8 Å². The maximum atomic E-state index is 3.78. The summed E-state index contributed by atoms with van der Waals surface area (Å²) in [5.74, 6) is 0.957. The van der Waals surface area contributed by atoms with Crippen molar-refractivity contribution in [3.05, 3.63) is 23.8 Å². The number of nitrogens with zero attached hydrogens (tertiary/aromatic N) is 1. The molecule has 0 aliphatic heterocycles. The van der Waals surface area contributed by atoms with Crippen molar-refractivity contribution in [1.29, 1.82) is 0 Å². The lowest BCUT2D eigenvalue weighted by Crippen LogP contribution is -2.19. The quantitative estimate of drug-likeness (QED) is 0.791. The van der Waals surface area contributed by atoms with Crippen molar-refractivity contribution in [2.24, 2.45) is 5.92 Å². The summed E-state index contributed by atoms with van der Waals surface area (Å²) >= 11 is 0. The molecule has 1 aliphatic carbocycles. The van der Waals surface area contributed by atoms with Crippen LogP contribution in [0.2, 0.25) is 0 Å². The average Bonchev–Trinajstić information content (AvgIpc) is 2.66. The molecule has 1 saturated carbocycles. The second-order valence-electron chi connectivity index (χ2n) is 6.52. The van der Waals surface area contributed by atoms with Crippen LogP contribution >= 0.6 is 0 Å². The molecule has 2 heteroatoms. The molecular formula is C18H30N2. The van der Waals surface area contributed by atoms with E-state index >= 15 is 0 Å². The lowest BCUT2D eigenvalue weighted by atomic mass is 9.98. The summed E-state index contributed by atoms with van der Waals surface area (Å²) in [4.78, 5) is 2.16. The topological polar surface area (TPSA) is 15.3 Å². The zero-order chi connectivity index (χ0) is 14.5. The summed E-state index contributed by atoms with van der Waals surface area (Å²) in [5.41, 5.74) is 3.95. The van der Waals surface area contributed by atoms with Crippen molar-refractivity contribution >= 4 is 11.4 Å². The van der Waals surface area contributed by atoms with E-state index in [4.69, 9.17) is 0 Å². The Kier molecular flexibility index (Phi) is 5.33. The largest absolute Gasteiger partial charge is 0.382 e. The van der Waals surface area contributed by atoms with Gasteiger partial charge in [-0.3, -0.25) is 0 Å². The summed E-state index contributed by atoms with van der Waals surface area (Å²) < 4.78 is 0. The number of nitrogens with one attached hydrogen (secondary N) is 1. The van der Waals surface area contributed by atoms with Gasteiger partial charge in [-0.25, -0.2) is 0 Å². The van der Waals surface area contributed by atoms with Crippen LogP contribution < -0.4 is 10.2 Å². The van der Waals surface area contributed by atoms with Crippen LogP contribution in [-0.2, 0) is 0 Å². The molecule has 112 valence electrons. The normalized spacial score (nSPS) is 23.2. The molecule has 20 heavy (non-hydrogen) atoms. The summed E-state index contributed by atoms with van der Waals surface area (Å²) in [6.45, 7) is 4.55. The first-order chi connectivity index (χ1) is 9.60. The SMILES string of the molecule is CCC1CCCC(Nc2ccc(N(C)C)cc2C)CC1. The van der Waals surface area contributed by atoms with Gasteiger partial charge in [0, 0.05) is 31.5 Å². The number of hydrogen-bond acceptors (Lipinski definition) is 2. The fourth-order valence-electron chi connectivity index (χ4n) is 3.24. The fourth-order valence-corrected chi connectivity index (χ4v) is 3.24. The van der Waals surface area contributed by atoms with Crippen molar-refractivity contribution in [3.8, 4) is 0 Å². The van der Waals surface area contributed by atoms with E-state index in [1.165, 1.54) is 55.5 Å². The highest BCUT2D eigenvalue weighted by Gasteiger charge is 2.18. The molecule has 2 nitrogen and oxygen atoms in total. The molecule has 2 atom stereocenters. The Morgan fingerprint density at radius 1 is 1.15 bits per heavy atom. The lowest BCUT2D eigenvalue weighted by Gasteiger charge is -2.21. The van der Waals surface area contributed by atoms with E-state index < -0.39 is 0 Å².